The largest absolute Gasteiger partial charge is 0.289 e. The first kappa shape index (κ1) is 14.1. The van der Waals surface area contributed by atoms with Gasteiger partial charge in [-0.05, 0) is 23.1 Å². The van der Waals surface area contributed by atoms with Gasteiger partial charge in [0.25, 0.3) is 15.3 Å². The standard InChI is InChI=1S/C11H15NO3S2/c1-11(2,3)8-4-6-9(7-5-8)17(14,15)12-10(13)16/h4-7H,1-3H3,(H2,12,13,16). The number of rotatable bonds is 2. The minimum atomic E-state index is -3.80. The van der Waals surface area contributed by atoms with Gasteiger partial charge in [0, 0.05) is 0 Å². The van der Waals surface area contributed by atoms with Crippen LogP contribution in [0, 0.1) is 0 Å². The smallest absolute Gasteiger partial charge is 0.261 e. The van der Waals surface area contributed by atoms with Gasteiger partial charge in [0.2, 0.25) is 0 Å². The monoisotopic (exact) mass is 273 g/mol. The minimum Gasteiger partial charge on any atom is -0.261 e. The van der Waals surface area contributed by atoms with Crippen LogP contribution in [-0.4, -0.2) is 13.7 Å². The van der Waals surface area contributed by atoms with E-state index in [4.69, 9.17) is 0 Å². The van der Waals surface area contributed by atoms with E-state index < -0.39 is 15.3 Å². The molecule has 0 atom stereocenters. The first-order valence-corrected chi connectivity index (χ1v) is 6.92. The van der Waals surface area contributed by atoms with Crippen molar-refractivity contribution in [1.82, 2.24) is 4.72 Å². The Morgan fingerprint density at radius 3 is 2.00 bits per heavy atom. The van der Waals surface area contributed by atoms with Gasteiger partial charge in [-0.1, -0.05) is 45.5 Å². The predicted molar refractivity (Wildman–Crippen MR) is 69.8 cm³/mol. The summed E-state index contributed by atoms with van der Waals surface area (Å²) in [4.78, 5) is 10.7. The number of carbonyl (C=O) groups is 1. The molecule has 94 valence electrons. The lowest BCUT2D eigenvalue weighted by molar-refractivity contribution is 0.265. The first-order chi connectivity index (χ1) is 7.63. The Balaban J connectivity index is 3.08. The summed E-state index contributed by atoms with van der Waals surface area (Å²) in [6.45, 7) is 6.10. The second-order valence-corrected chi connectivity index (χ2v) is 6.77. The number of sulfonamides is 1. The quantitative estimate of drug-likeness (QED) is 0.813. The van der Waals surface area contributed by atoms with Crippen LogP contribution in [0.2, 0.25) is 0 Å². The fourth-order valence-corrected chi connectivity index (χ4v) is 2.51. The number of nitrogens with one attached hydrogen (secondary N) is 1. The van der Waals surface area contributed by atoms with E-state index >= 15 is 0 Å². The van der Waals surface area contributed by atoms with E-state index in [0.29, 0.717) is 0 Å². The zero-order chi connectivity index (χ0) is 13.3. The van der Waals surface area contributed by atoms with Gasteiger partial charge in [-0.25, -0.2) is 13.1 Å². The molecule has 17 heavy (non-hydrogen) atoms. The topological polar surface area (TPSA) is 63.2 Å². The van der Waals surface area contributed by atoms with Crippen molar-refractivity contribution in [2.75, 3.05) is 0 Å². The molecule has 0 saturated heterocycles. The predicted octanol–water partition coefficient (Wildman–Crippen LogP) is 2.31. The van der Waals surface area contributed by atoms with E-state index in [1.807, 2.05) is 20.8 Å². The van der Waals surface area contributed by atoms with Crippen molar-refractivity contribution in [2.45, 2.75) is 31.1 Å². The van der Waals surface area contributed by atoms with Crippen LogP contribution in [0.5, 0.6) is 0 Å². The second-order valence-electron chi connectivity index (χ2n) is 4.69. The van der Waals surface area contributed by atoms with E-state index in [2.05, 4.69) is 12.6 Å². The van der Waals surface area contributed by atoms with Gasteiger partial charge in [-0.15, -0.1) is 0 Å². The van der Waals surface area contributed by atoms with Crippen LogP contribution in [0.3, 0.4) is 0 Å². The molecule has 1 N–H and O–H groups in total. The van der Waals surface area contributed by atoms with Gasteiger partial charge < -0.3 is 0 Å². The van der Waals surface area contributed by atoms with Gasteiger partial charge in [-0.3, -0.25) is 4.79 Å². The van der Waals surface area contributed by atoms with Crippen molar-refractivity contribution < 1.29 is 13.2 Å². The third kappa shape index (κ3) is 3.74. The van der Waals surface area contributed by atoms with Crippen molar-refractivity contribution in [3.05, 3.63) is 29.8 Å². The fourth-order valence-electron chi connectivity index (χ4n) is 1.31. The second kappa shape index (κ2) is 4.70. The Bertz CT molecular complexity index is 513. The van der Waals surface area contributed by atoms with E-state index in [-0.39, 0.29) is 10.3 Å². The Morgan fingerprint density at radius 1 is 1.18 bits per heavy atom. The number of thiol groups is 1. The highest BCUT2D eigenvalue weighted by Gasteiger charge is 2.18. The summed E-state index contributed by atoms with van der Waals surface area (Å²) in [6.07, 6.45) is 0. The Morgan fingerprint density at radius 2 is 1.65 bits per heavy atom. The lowest BCUT2D eigenvalue weighted by Gasteiger charge is -2.19. The molecule has 0 aliphatic rings. The highest BCUT2D eigenvalue weighted by Crippen LogP contribution is 2.23. The Hall–Kier alpha value is -1.01. The van der Waals surface area contributed by atoms with Crippen LogP contribution in [0.15, 0.2) is 29.2 Å². The van der Waals surface area contributed by atoms with E-state index in [0.717, 1.165) is 5.56 Å². The molecule has 0 unspecified atom stereocenters. The highest BCUT2D eigenvalue weighted by atomic mass is 32.2. The first-order valence-electron chi connectivity index (χ1n) is 4.99. The SMILES string of the molecule is CC(C)(C)c1ccc(S(=O)(=O)NC(=O)S)cc1. The summed E-state index contributed by atoms with van der Waals surface area (Å²) in [5.74, 6) is 0. The highest BCUT2D eigenvalue weighted by molar-refractivity contribution is 7.99. The summed E-state index contributed by atoms with van der Waals surface area (Å²) in [5, 5.41) is -0.898. The number of hydrogen-bond donors (Lipinski definition) is 2. The van der Waals surface area contributed by atoms with Crippen LogP contribution < -0.4 is 4.72 Å². The summed E-state index contributed by atoms with van der Waals surface area (Å²) >= 11 is 3.38. The van der Waals surface area contributed by atoms with Crippen molar-refractivity contribution in [3.63, 3.8) is 0 Å². The van der Waals surface area contributed by atoms with Crippen molar-refractivity contribution in [3.8, 4) is 0 Å². The van der Waals surface area contributed by atoms with E-state index in [9.17, 15) is 13.2 Å². The van der Waals surface area contributed by atoms with Crippen molar-refractivity contribution in [1.29, 1.82) is 0 Å². The molecule has 0 fully saturated rings. The van der Waals surface area contributed by atoms with Crippen LogP contribution in [0.1, 0.15) is 26.3 Å². The lowest BCUT2D eigenvalue weighted by Crippen LogP contribution is -2.26. The van der Waals surface area contributed by atoms with E-state index in [1.54, 1.807) is 16.9 Å². The van der Waals surface area contributed by atoms with Crippen LogP contribution in [-0.2, 0) is 15.4 Å². The molecule has 0 spiro atoms. The zero-order valence-corrected chi connectivity index (χ0v) is 11.6. The molecule has 0 radical (unpaired) electrons. The maximum atomic E-state index is 11.6. The van der Waals surface area contributed by atoms with Gasteiger partial charge >= 0.3 is 0 Å². The normalized spacial score (nSPS) is 12.2. The summed E-state index contributed by atoms with van der Waals surface area (Å²) in [7, 11) is -3.80. The molecule has 0 aromatic heterocycles. The van der Waals surface area contributed by atoms with Crippen LogP contribution in [0.25, 0.3) is 0 Å². The molecule has 0 aliphatic carbocycles. The summed E-state index contributed by atoms with van der Waals surface area (Å²) in [6, 6.07) is 6.41. The molecule has 0 heterocycles. The maximum absolute atomic E-state index is 11.6. The van der Waals surface area contributed by atoms with Crippen LogP contribution in [0.4, 0.5) is 4.79 Å². The average Bonchev–Trinajstić information content (AvgIpc) is 2.14. The maximum Gasteiger partial charge on any atom is 0.289 e. The molecule has 1 rings (SSSR count). The zero-order valence-electron chi connectivity index (χ0n) is 9.89. The molecular formula is C11H15NO3S2. The van der Waals surface area contributed by atoms with Gasteiger partial charge in [0.15, 0.2) is 0 Å². The lowest BCUT2D eigenvalue weighted by atomic mass is 9.87. The average molecular weight is 273 g/mol. The number of carbonyl (C=O) groups excluding carboxylic acids is 1. The van der Waals surface area contributed by atoms with Gasteiger partial charge in [-0.2, -0.15) is 0 Å². The van der Waals surface area contributed by atoms with E-state index in [1.165, 1.54) is 12.1 Å². The van der Waals surface area contributed by atoms with Crippen molar-refractivity contribution in [2.24, 2.45) is 0 Å². The Labute approximate surface area is 107 Å². The third-order valence-corrected chi connectivity index (χ3v) is 3.86. The minimum absolute atomic E-state index is 0.0465. The number of hydrogen-bond acceptors (Lipinski definition) is 3. The van der Waals surface area contributed by atoms with Gasteiger partial charge in [0.1, 0.15) is 0 Å². The van der Waals surface area contributed by atoms with Crippen molar-refractivity contribution >= 4 is 27.9 Å². The molecule has 0 saturated carbocycles. The molecule has 0 aliphatic heterocycles. The van der Waals surface area contributed by atoms with Crippen LogP contribution >= 0.6 is 12.6 Å². The summed E-state index contributed by atoms with van der Waals surface area (Å²) < 4.78 is 25.0. The molecule has 4 nitrogen and oxygen atoms in total. The third-order valence-electron chi connectivity index (χ3n) is 2.25. The fraction of sp³-hybridized carbons (Fsp3) is 0.364. The molecule has 1 aromatic carbocycles. The van der Waals surface area contributed by atoms with Gasteiger partial charge in [0.05, 0.1) is 4.90 Å². The molecule has 1 aromatic rings. The number of amides is 1. The molecular weight excluding hydrogens is 258 g/mol. The molecule has 0 bridgehead atoms. The Kier molecular flexibility index (Phi) is 3.88. The molecule has 6 heteroatoms. The molecule has 1 amide bonds. The number of benzene rings is 1. The summed E-state index contributed by atoms with van der Waals surface area (Å²) in [5.41, 5.74) is 0.975.